The second kappa shape index (κ2) is 13.1. The fourth-order valence-corrected chi connectivity index (χ4v) is 6.32. The Hall–Kier alpha value is -3.60. The average Bonchev–Trinajstić information content (AvgIpc) is 3.49. The monoisotopic (exact) mass is 608 g/mol. The number of carbonyl (C=O) groups excluding carboxylic acids is 1. The van der Waals surface area contributed by atoms with E-state index >= 15 is 0 Å². The summed E-state index contributed by atoms with van der Waals surface area (Å²) in [7, 11) is -0.598. The number of nitrogens with zero attached hydrogens (tertiary/aromatic N) is 1. The van der Waals surface area contributed by atoms with Gasteiger partial charge in [0.05, 0.1) is 31.0 Å². The molecule has 0 saturated carbocycles. The lowest BCUT2D eigenvalue weighted by Gasteiger charge is -2.41. The zero-order valence-corrected chi connectivity index (χ0v) is 26.9. The lowest BCUT2D eigenvalue weighted by molar-refractivity contribution is 0.0628. The van der Waals surface area contributed by atoms with Gasteiger partial charge in [-0.25, -0.2) is 4.79 Å². The van der Waals surface area contributed by atoms with Gasteiger partial charge in [-0.3, -0.25) is 10.1 Å². The Morgan fingerprint density at radius 1 is 1.10 bits per heavy atom. The Morgan fingerprint density at radius 2 is 1.83 bits per heavy atom. The van der Waals surface area contributed by atoms with E-state index in [0.29, 0.717) is 31.1 Å². The Morgan fingerprint density at radius 3 is 2.45 bits per heavy atom. The maximum absolute atomic E-state index is 14.2. The molecule has 8 nitrogen and oxygen atoms in total. The van der Waals surface area contributed by atoms with Gasteiger partial charge in [-0.2, -0.15) is 0 Å². The van der Waals surface area contributed by atoms with Crippen LogP contribution in [-0.4, -0.2) is 56.6 Å². The Balaban J connectivity index is 1.67. The quantitative estimate of drug-likeness (QED) is 0.229. The number of ether oxygens (including phenoxy) is 2. The van der Waals surface area contributed by atoms with E-state index < -0.39 is 14.4 Å². The van der Waals surface area contributed by atoms with E-state index in [1.54, 1.807) is 22.3 Å². The lowest BCUT2D eigenvalue weighted by atomic mass is 9.98. The minimum atomic E-state index is -2.09. The number of hydrogen-bond acceptors (Lipinski definition) is 6. The summed E-state index contributed by atoms with van der Waals surface area (Å²) in [5.41, 5.74) is 2.45. The third-order valence-corrected chi connectivity index (χ3v) is 13.4. The molecule has 1 unspecified atom stereocenters. The van der Waals surface area contributed by atoms with Crippen LogP contribution in [0.3, 0.4) is 0 Å². The van der Waals surface area contributed by atoms with Crippen molar-refractivity contribution < 1.29 is 28.6 Å². The molecule has 0 spiro atoms. The van der Waals surface area contributed by atoms with Crippen molar-refractivity contribution in [3.05, 3.63) is 82.1 Å². The zero-order valence-electron chi connectivity index (χ0n) is 25.1. The van der Waals surface area contributed by atoms with Gasteiger partial charge in [0, 0.05) is 17.5 Å². The smallest absolute Gasteiger partial charge is 0.409 e. The highest BCUT2D eigenvalue weighted by molar-refractivity contribution is 7.11. The molecule has 2 heterocycles. The Labute approximate surface area is 253 Å². The number of benzene rings is 2. The van der Waals surface area contributed by atoms with Crippen molar-refractivity contribution in [1.82, 2.24) is 4.90 Å². The normalized spacial score (nSPS) is 15.6. The van der Waals surface area contributed by atoms with E-state index in [-0.39, 0.29) is 34.8 Å². The predicted octanol–water partition coefficient (Wildman–Crippen LogP) is 7.75. The summed E-state index contributed by atoms with van der Waals surface area (Å²) < 4.78 is 18.2. The highest BCUT2D eigenvalue weighted by Gasteiger charge is 2.39. The van der Waals surface area contributed by atoms with Crippen molar-refractivity contribution >= 4 is 42.9 Å². The molecule has 10 heteroatoms. The van der Waals surface area contributed by atoms with Crippen LogP contribution < -0.4 is 14.8 Å². The van der Waals surface area contributed by atoms with E-state index in [9.17, 15) is 14.7 Å². The summed E-state index contributed by atoms with van der Waals surface area (Å²) in [5, 5.41) is 14.1. The van der Waals surface area contributed by atoms with Crippen LogP contribution in [0.5, 0.6) is 11.5 Å². The van der Waals surface area contributed by atoms with Crippen LogP contribution in [0.4, 0.5) is 10.5 Å². The Kier molecular flexibility index (Phi) is 9.81. The van der Waals surface area contributed by atoms with Gasteiger partial charge in [-0.15, -0.1) is 11.3 Å². The van der Waals surface area contributed by atoms with Crippen molar-refractivity contribution in [2.75, 3.05) is 25.6 Å². The molecule has 224 valence electrons. The molecular formula is C32H40N2O6SSi. The highest BCUT2D eigenvalue weighted by atomic mass is 32.1. The van der Waals surface area contributed by atoms with E-state index in [4.69, 9.17) is 13.9 Å². The lowest BCUT2D eigenvalue weighted by Crippen LogP contribution is -2.49. The molecular weight excluding hydrogens is 569 g/mol. The van der Waals surface area contributed by atoms with Crippen molar-refractivity contribution in [3.63, 3.8) is 0 Å². The SMILES string of the molecule is COc1cc(C(=O)N2CC=C(c3cccs3)CC2CO[Si](C)(C)C(C)(C)C)c(NC(=O)O)cc1OCc1ccccc1. The van der Waals surface area contributed by atoms with Gasteiger partial charge in [0.2, 0.25) is 0 Å². The molecule has 0 fully saturated rings. The molecule has 4 rings (SSSR count). The Bertz CT molecular complexity index is 1420. The van der Waals surface area contributed by atoms with E-state index in [0.717, 1.165) is 5.56 Å². The van der Waals surface area contributed by atoms with Crippen LogP contribution >= 0.6 is 11.3 Å². The van der Waals surface area contributed by atoms with E-state index in [1.807, 2.05) is 41.8 Å². The molecule has 3 aromatic rings. The molecule has 1 atom stereocenters. The average molecular weight is 609 g/mol. The summed E-state index contributed by atoms with van der Waals surface area (Å²) in [5.74, 6) is 0.362. The third-order valence-electron chi connectivity index (χ3n) is 7.98. The van der Waals surface area contributed by atoms with E-state index in [1.165, 1.54) is 23.6 Å². The van der Waals surface area contributed by atoms with Crippen LogP contribution in [0.1, 0.15) is 48.0 Å². The minimum Gasteiger partial charge on any atom is -0.493 e. The first kappa shape index (κ1) is 31.3. The summed E-state index contributed by atoms with van der Waals surface area (Å²) in [6.07, 6.45) is 1.43. The molecule has 1 aromatic heterocycles. The molecule has 1 aliphatic heterocycles. The van der Waals surface area contributed by atoms with Gasteiger partial charge in [-0.1, -0.05) is 63.2 Å². The molecule has 0 aliphatic carbocycles. The molecule has 0 saturated heterocycles. The number of thiophene rings is 1. The van der Waals surface area contributed by atoms with E-state index in [2.05, 4.69) is 51.3 Å². The van der Waals surface area contributed by atoms with Crippen LogP contribution in [0.2, 0.25) is 18.1 Å². The number of hydrogen-bond donors (Lipinski definition) is 2. The first-order chi connectivity index (χ1) is 19.9. The fourth-order valence-electron chi connectivity index (χ4n) is 4.50. The van der Waals surface area contributed by atoms with Crippen LogP contribution in [-0.2, 0) is 11.0 Å². The third kappa shape index (κ3) is 7.42. The molecule has 42 heavy (non-hydrogen) atoms. The van der Waals surface area contributed by atoms with Gasteiger partial charge < -0.3 is 23.9 Å². The molecule has 1 aliphatic rings. The zero-order chi connectivity index (χ0) is 30.5. The number of methoxy groups -OCH3 is 1. The number of carboxylic acid groups (broad SMARTS) is 1. The standard InChI is InChI=1S/C32H40N2O6SSi/c1-32(2,3)42(5,6)40-21-24-17-23(29-13-10-16-41-29)14-15-34(24)30(35)25-18-27(38-4)28(19-26(25)33-31(36)37)39-20-22-11-8-7-9-12-22/h7-14,16,18-19,24,33H,15,17,20-21H2,1-6H3,(H,36,37). The van der Waals surface area contributed by atoms with Gasteiger partial charge in [-0.05, 0) is 53.2 Å². The van der Waals surface area contributed by atoms with Gasteiger partial charge >= 0.3 is 6.09 Å². The van der Waals surface area contributed by atoms with Gasteiger partial charge in [0.1, 0.15) is 6.61 Å². The van der Waals surface area contributed by atoms with Crippen molar-refractivity contribution in [3.8, 4) is 11.5 Å². The summed E-state index contributed by atoms with van der Waals surface area (Å²) in [4.78, 5) is 28.9. The first-order valence-corrected chi connectivity index (χ1v) is 17.7. The van der Waals surface area contributed by atoms with Crippen LogP contribution in [0.15, 0.2) is 66.1 Å². The second-order valence-corrected chi connectivity index (χ2v) is 17.6. The maximum atomic E-state index is 14.2. The summed E-state index contributed by atoms with van der Waals surface area (Å²) in [6, 6.07) is 16.6. The molecule has 2 amide bonds. The molecule has 0 radical (unpaired) electrons. The number of carbonyl (C=O) groups is 2. The van der Waals surface area contributed by atoms with Gasteiger partial charge in [0.25, 0.3) is 5.91 Å². The number of amides is 2. The van der Waals surface area contributed by atoms with Crippen LogP contribution in [0, 0.1) is 0 Å². The van der Waals surface area contributed by atoms with Crippen molar-refractivity contribution in [1.29, 1.82) is 0 Å². The van der Waals surface area contributed by atoms with Crippen molar-refractivity contribution in [2.24, 2.45) is 0 Å². The van der Waals surface area contributed by atoms with Crippen molar-refractivity contribution in [2.45, 2.75) is 58.0 Å². The number of rotatable bonds is 10. The van der Waals surface area contributed by atoms with Gasteiger partial charge in [0.15, 0.2) is 19.8 Å². The summed E-state index contributed by atoms with van der Waals surface area (Å²) in [6.45, 7) is 12.0. The second-order valence-electron chi connectivity index (χ2n) is 11.8. The topological polar surface area (TPSA) is 97.3 Å². The number of nitrogens with one attached hydrogen (secondary N) is 1. The van der Waals surface area contributed by atoms with Crippen LogP contribution in [0.25, 0.3) is 5.57 Å². The fraction of sp³-hybridized carbons (Fsp3) is 0.375. The maximum Gasteiger partial charge on any atom is 0.409 e. The number of anilines is 1. The minimum absolute atomic E-state index is 0.0183. The summed E-state index contributed by atoms with van der Waals surface area (Å²) >= 11 is 1.67. The first-order valence-electron chi connectivity index (χ1n) is 14.0. The molecule has 2 N–H and O–H groups in total. The highest BCUT2D eigenvalue weighted by Crippen LogP contribution is 2.39. The molecule has 2 aromatic carbocycles. The predicted molar refractivity (Wildman–Crippen MR) is 170 cm³/mol. The largest absolute Gasteiger partial charge is 0.493 e. The molecule has 0 bridgehead atoms.